The SMILES string of the molecule is CCCC(C)(C)CNCCC(=O)O. The Morgan fingerprint density at radius 3 is 2.54 bits per heavy atom. The van der Waals surface area contributed by atoms with Crippen LogP contribution in [0.1, 0.15) is 40.0 Å². The van der Waals surface area contributed by atoms with Crippen molar-refractivity contribution < 1.29 is 9.90 Å². The van der Waals surface area contributed by atoms with E-state index in [1.165, 1.54) is 12.8 Å². The Bertz CT molecular complexity index is 155. The molecule has 0 bridgehead atoms. The highest BCUT2D eigenvalue weighted by Gasteiger charge is 2.15. The molecule has 2 N–H and O–H groups in total. The monoisotopic (exact) mass is 187 g/mol. The molecule has 0 rings (SSSR count). The summed E-state index contributed by atoms with van der Waals surface area (Å²) in [5, 5.41) is 11.6. The minimum atomic E-state index is -0.735. The van der Waals surface area contributed by atoms with Crippen LogP contribution in [-0.4, -0.2) is 24.2 Å². The highest BCUT2D eigenvalue weighted by Crippen LogP contribution is 2.20. The van der Waals surface area contributed by atoms with Crippen LogP contribution in [0.3, 0.4) is 0 Å². The van der Waals surface area contributed by atoms with E-state index >= 15 is 0 Å². The van der Waals surface area contributed by atoms with Crippen LogP contribution in [0.5, 0.6) is 0 Å². The molecule has 0 aromatic rings. The van der Waals surface area contributed by atoms with Crippen LogP contribution in [0.25, 0.3) is 0 Å². The Kier molecular flexibility index (Phi) is 5.71. The Balaban J connectivity index is 3.45. The molecule has 0 spiro atoms. The van der Waals surface area contributed by atoms with E-state index in [4.69, 9.17) is 5.11 Å². The van der Waals surface area contributed by atoms with E-state index in [1.54, 1.807) is 0 Å². The average Bonchev–Trinajstić information content (AvgIpc) is 1.98. The number of rotatable bonds is 7. The number of hydrogen-bond donors (Lipinski definition) is 2. The summed E-state index contributed by atoms with van der Waals surface area (Å²) in [6.45, 7) is 8.03. The molecule has 0 aromatic heterocycles. The van der Waals surface area contributed by atoms with Crippen LogP contribution in [0.4, 0.5) is 0 Å². The smallest absolute Gasteiger partial charge is 0.304 e. The summed E-state index contributed by atoms with van der Waals surface area (Å²) in [7, 11) is 0. The van der Waals surface area contributed by atoms with Gasteiger partial charge in [0, 0.05) is 13.1 Å². The molecule has 0 radical (unpaired) electrons. The summed E-state index contributed by atoms with van der Waals surface area (Å²) in [5.41, 5.74) is 0.285. The summed E-state index contributed by atoms with van der Waals surface area (Å²) in [6.07, 6.45) is 2.56. The summed E-state index contributed by atoms with van der Waals surface area (Å²) < 4.78 is 0. The lowest BCUT2D eigenvalue weighted by Gasteiger charge is -2.24. The normalized spacial score (nSPS) is 11.6. The van der Waals surface area contributed by atoms with Gasteiger partial charge in [-0.25, -0.2) is 0 Å². The van der Waals surface area contributed by atoms with Crippen LogP contribution in [0.15, 0.2) is 0 Å². The molecule has 0 heterocycles. The fraction of sp³-hybridized carbons (Fsp3) is 0.900. The minimum Gasteiger partial charge on any atom is -0.481 e. The largest absolute Gasteiger partial charge is 0.481 e. The lowest BCUT2D eigenvalue weighted by atomic mass is 9.88. The molecule has 0 saturated heterocycles. The lowest BCUT2D eigenvalue weighted by molar-refractivity contribution is -0.136. The van der Waals surface area contributed by atoms with Gasteiger partial charge in [0.2, 0.25) is 0 Å². The van der Waals surface area contributed by atoms with Crippen molar-refractivity contribution >= 4 is 5.97 Å². The summed E-state index contributed by atoms with van der Waals surface area (Å²) in [4.78, 5) is 10.2. The Morgan fingerprint density at radius 1 is 1.46 bits per heavy atom. The Labute approximate surface area is 80.5 Å². The zero-order chi connectivity index (χ0) is 10.3. The lowest BCUT2D eigenvalue weighted by Crippen LogP contribution is -2.30. The molecule has 0 amide bonds. The molecular formula is C10H21NO2. The molecule has 0 unspecified atom stereocenters. The van der Waals surface area contributed by atoms with Crippen molar-refractivity contribution in [3.05, 3.63) is 0 Å². The van der Waals surface area contributed by atoms with Gasteiger partial charge in [-0.3, -0.25) is 4.79 Å². The summed E-state index contributed by atoms with van der Waals surface area (Å²) in [5.74, 6) is -0.735. The molecule has 0 aliphatic rings. The second kappa shape index (κ2) is 5.97. The molecule has 0 atom stereocenters. The van der Waals surface area contributed by atoms with Gasteiger partial charge in [0.25, 0.3) is 0 Å². The summed E-state index contributed by atoms with van der Waals surface area (Å²) >= 11 is 0. The highest BCUT2D eigenvalue weighted by molar-refractivity contribution is 5.66. The van der Waals surface area contributed by atoms with Crippen LogP contribution in [0.2, 0.25) is 0 Å². The Morgan fingerprint density at radius 2 is 2.08 bits per heavy atom. The average molecular weight is 187 g/mol. The standard InChI is InChI=1S/C10H21NO2/c1-4-6-10(2,3)8-11-7-5-9(12)13/h11H,4-8H2,1-3H3,(H,12,13). The van der Waals surface area contributed by atoms with Gasteiger partial charge in [-0.1, -0.05) is 27.2 Å². The van der Waals surface area contributed by atoms with Crippen LogP contribution < -0.4 is 5.32 Å². The second-order valence-electron chi connectivity index (χ2n) is 4.23. The van der Waals surface area contributed by atoms with Gasteiger partial charge in [-0.15, -0.1) is 0 Å². The minimum absolute atomic E-state index is 0.211. The third kappa shape index (κ3) is 7.78. The fourth-order valence-corrected chi connectivity index (χ4v) is 1.39. The van der Waals surface area contributed by atoms with E-state index < -0.39 is 5.97 Å². The van der Waals surface area contributed by atoms with Crippen molar-refractivity contribution in [2.24, 2.45) is 5.41 Å². The molecule has 3 nitrogen and oxygen atoms in total. The van der Waals surface area contributed by atoms with Crippen molar-refractivity contribution in [3.8, 4) is 0 Å². The van der Waals surface area contributed by atoms with Crippen molar-refractivity contribution in [1.29, 1.82) is 0 Å². The van der Waals surface area contributed by atoms with Gasteiger partial charge in [-0.2, -0.15) is 0 Å². The topological polar surface area (TPSA) is 49.3 Å². The van der Waals surface area contributed by atoms with Gasteiger partial charge in [0.1, 0.15) is 0 Å². The fourth-order valence-electron chi connectivity index (χ4n) is 1.39. The van der Waals surface area contributed by atoms with Gasteiger partial charge in [0.05, 0.1) is 6.42 Å². The van der Waals surface area contributed by atoms with Crippen LogP contribution in [-0.2, 0) is 4.79 Å². The number of nitrogens with one attached hydrogen (secondary N) is 1. The zero-order valence-corrected chi connectivity index (χ0v) is 8.89. The maximum atomic E-state index is 10.2. The molecule has 0 aliphatic heterocycles. The predicted molar refractivity (Wildman–Crippen MR) is 53.8 cm³/mol. The van der Waals surface area contributed by atoms with Crippen molar-refractivity contribution in [1.82, 2.24) is 5.32 Å². The number of aliphatic carboxylic acids is 1. The summed E-state index contributed by atoms with van der Waals surface area (Å²) in [6, 6.07) is 0. The van der Waals surface area contributed by atoms with Gasteiger partial charge >= 0.3 is 5.97 Å². The van der Waals surface area contributed by atoms with E-state index in [-0.39, 0.29) is 11.8 Å². The number of hydrogen-bond acceptors (Lipinski definition) is 2. The van der Waals surface area contributed by atoms with E-state index in [2.05, 4.69) is 26.1 Å². The first-order valence-corrected chi connectivity index (χ1v) is 4.90. The molecular weight excluding hydrogens is 166 g/mol. The van der Waals surface area contributed by atoms with Crippen LogP contribution in [0, 0.1) is 5.41 Å². The maximum Gasteiger partial charge on any atom is 0.304 e. The number of carboxylic acid groups (broad SMARTS) is 1. The number of carboxylic acids is 1. The third-order valence-electron chi connectivity index (χ3n) is 2.05. The van der Waals surface area contributed by atoms with Crippen molar-refractivity contribution in [2.45, 2.75) is 40.0 Å². The van der Waals surface area contributed by atoms with Crippen molar-refractivity contribution in [2.75, 3.05) is 13.1 Å². The first-order valence-electron chi connectivity index (χ1n) is 4.90. The number of carbonyl (C=O) groups is 1. The predicted octanol–water partition coefficient (Wildman–Crippen LogP) is 1.88. The van der Waals surface area contributed by atoms with Gasteiger partial charge in [0.15, 0.2) is 0 Å². The van der Waals surface area contributed by atoms with E-state index in [0.29, 0.717) is 6.54 Å². The maximum absolute atomic E-state index is 10.2. The molecule has 13 heavy (non-hydrogen) atoms. The Hall–Kier alpha value is -0.570. The second-order valence-corrected chi connectivity index (χ2v) is 4.23. The third-order valence-corrected chi connectivity index (χ3v) is 2.05. The molecule has 0 fully saturated rings. The quantitative estimate of drug-likeness (QED) is 0.598. The van der Waals surface area contributed by atoms with Gasteiger partial charge in [-0.05, 0) is 11.8 Å². The zero-order valence-electron chi connectivity index (χ0n) is 8.89. The molecule has 78 valence electrons. The van der Waals surface area contributed by atoms with E-state index in [1.807, 2.05) is 0 Å². The first-order chi connectivity index (χ1) is 5.98. The van der Waals surface area contributed by atoms with Crippen LogP contribution >= 0.6 is 0 Å². The molecule has 3 heteroatoms. The molecule has 0 aliphatic carbocycles. The molecule has 0 aromatic carbocycles. The van der Waals surface area contributed by atoms with E-state index in [9.17, 15) is 4.79 Å². The first kappa shape index (κ1) is 12.4. The van der Waals surface area contributed by atoms with E-state index in [0.717, 1.165) is 6.54 Å². The molecule has 0 saturated carbocycles. The van der Waals surface area contributed by atoms with Crippen molar-refractivity contribution in [3.63, 3.8) is 0 Å². The van der Waals surface area contributed by atoms with Gasteiger partial charge < -0.3 is 10.4 Å². The highest BCUT2D eigenvalue weighted by atomic mass is 16.4.